The van der Waals surface area contributed by atoms with E-state index in [1.807, 2.05) is 0 Å². The Labute approximate surface area is 151 Å². The van der Waals surface area contributed by atoms with Crippen molar-refractivity contribution in [3.8, 4) is 0 Å². The molecule has 0 N–H and O–H groups in total. The molecule has 0 fully saturated rings. The van der Waals surface area contributed by atoms with Crippen molar-refractivity contribution >= 4 is 0 Å². The van der Waals surface area contributed by atoms with Crippen LogP contribution in [0.3, 0.4) is 0 Å². The predicted octanol–water partition coefficient (Wildman–Crippen LogP) is 5.94. The molecule has 3 aromatic carbocycles. The normalized spacial score (nSPS) is 11.5. The third-order valence-corrected chi connectivity index (χ3v) is 4.74. The van der Waals surface area contributed by atoms with Gasteiger partial charge in [-0.15, -0.1) is 0 Å². The average Bonchev–Trinajstić information content (AvgIpc) is 2.62. The molecule has 0 amide bonds. The topological polar surface area (TPSA) is 9.23 Å². The van der Waals surface area contributed by atoms with Crippen molar-refractivity contribution in [2.75, 3.05) is 6.61 Å². The first-order valence-corrected chi connectivity index (χ1v) is 8.91. The second kappa shape index (κ2) is 7.25. The largest absolute Gasteiger partial charge is 0.361 e. The third-order valence-electron chi connectivity index (χ3n) is 4.74. The summed E-state index contributed by atoms with van der Waals surface area (Å²) in [6, 6.07) is 26.1. The van der Waals surface area contributed by atoms with Gasteiger partial charge in [0.1, 0.15) is 5.60 Å². The highest BCUT2D eigenvalue weighted by molar-refractivity contribution is 5.49. The summed E-state index contributed by atoms with van der Waals surface area (Å²) in [6.45, 7) is 9.04. The molecule has 1 heteroatoms. The van der Waals surface area contributed by atoms with E-state index in [1.165, 1.54) is 16.7 Å². The fourth-order valence-corrected chi connectivity index (χ4v) is 3.33. The second-order valence-corrected chi connectivity index (χ2v) is 6.71. The van der Waals surface area contributed by atoms with Crippen molar-refractivity contribution in [1.82, 2.24) is 0 Å². The van der Waals surface area contributed by atoms with E-state index in [0.717, 1.165) is 16.7 Å². The number of benzene rings is 3. The van der Waals surface area contributed by atoms with Crippen LogP contribution in [0.4, 0.5) is 0 Å². The van der Waals surface area contributed by atoms with Crippen LogP contribution in [-0.2, 0) is 10.3 Å². The summed E-state index contributed by atoms with van der Waals surface area (Å²) >= 11 is 0. The van der Waals surface area contributed by atoms with Crippen LogP contribution < -0.4 is 0 Å². The summed E-state index contributed by atoms with van der Waals surface area (Å²) in [5.74, 6) is 0. The Bertz CT molecular complexity index is 701. The molecule has 0 saturated heterocycles. The van der Waals surface area contributed by atoms with Crippen LogP contribution in [0.5, 0.6) is 0 Å². The van der Waals surface area contributed by atoms with E-state index in [0.29, 0.717) is 6.61 Å². The van der Waals surface area contributed by atoms with Crippen LogP contribution in [0, 0.1) is 20.8 Å². The Kier molecular flexibility index (Phi) is 5.06. The lowest BCUT2D eigenvalue weighted by molar-refractivity contribution is 0.0215. The van der Waals surface area contributed by atoms with Crippen LogP contribution in [-0.4, -0.2) is 6.61 Å². The highest BCUT2D eigenvalue weighted by Gasteiger charge is 2.37. The van der Waals surface area contributed by atoms with E-state index in [1.54, 1.807) is 0 Å². The van der Waals surface area contributed by atoms with Gasteiger partial charge in [-0.2, -0.15) is 0 Å². The van der Waals surface area contributed by atoms with E-state index in [2.05, 4.69) is 100 Å². The smallest absolute Gasteiger partial charge is 0.143 e. The molecule has 0 aliphatic heterocycles. The lowest BCUT2D eigenvalue weighted by Gasteiger charge is -2.36. The SMILES string of the molecule is CCOC(c1ccc(C)cc1)(c1ccc(C)cc1)c1ccc(C)cc1. The fraction of sp³-hybridized carbons (Fsp3) is 0.250. The summed E-state index contributed by atoms with van der Waals surface area (Å²) in [5, 5.41) is 0. The average molecular weight is 330 g/mol. The number of hydrogen-bond acceptors (Lipinski definition) is 1. The van der Waals surface area contributed by atoms with Gasteiger partial charge in [0, 0.05) is 6.61 Å². The first-order valence-electron chi connectivity index (χ1n) is 8.91. The molecule has 0 spiro atoms. The summed E-state index contributed by atoms with van der Waals surface area (Å²) in [6.07, 6.45) is 0. The molecule has 25 heavy (non-hydrogen) atoms. The monoisotopic (exact) mass is 330 g/mol. The standard InChI is InChI=1S/C24H26O/c1-5-25-24(21-12-6-18(2)7-13-21,22-14-8-19(3)9-15-22)23-16-10-20(4)11-17-23/h6-17H,5H2,1-4H3. The van der Waals surface area contributed by atoms with Gasteiger partial charge in [0.05, 0.1) is 0 Å². The number of ether oxygens (including phenoxy) is 1. The van der Waals surface area contributed by atoms with Crippen LogP contribution in [0.1, 0.15) is 40.3 Å². The molecule has 3 rings (SSSR count). The van der Waals surface area contributed by atoms with Gasteiger partial charge < -0.3 is 4.74 Å². The van der Waals surface area contributed by atoms with Gasteiger partial charge in [-0.3, -0.25) is 0 Å². The second-order valence-electron chi connectivity index (χ2n) is 6.71. The van der Waals surface area contributed by atoms with E-state index in [4.69, 9.17) is 4.74 Å². The zero-order chi connectivity index (χ0) is 17.9. The Morgan fingerprint density at radius 1 is 0.560 bits per heavy atom. The molecule has 0 bridgehead atoms. The van der Waals surface area contributed by atoms with E-state index < -0.39 is 5.60 Å². The zero-order valence-electron chi connectivity index (χ0n) is 15.5. The lowest BCUT2D eigenvalue weighted by atomic mass is 9.79. The van der Waals surface area contributed by atoms with Crippen molar-refractivity contribution < 1.29 is 4.74 Å². The highest BCUT2D eigenvalue weighted by atomic mass is 16.5. The molecule has 3 aromatic rings. The predicted molar refractivity (Wildman–Crippen MR) is 105 cm³/mol. The summed E-state index contributed by atoms with van der Waals surface area (Å²) in [5.41, 5.74) is 6.64. The van der Waals surface area contributed by atoms with Gasteiger partial charge in [-0.25, -0.2) is 0 Å². The molecular weight excluding hydrogens is 304 g/mol. The minimum atomic E-state index is -0.593. The van der Waals surface area contributed by atoms with Gasteiger partial charge in [-0.05, 0) is 44.4 Å². The molecule has 0 aliphatic carbocycles. The minimum Gasteiger partial charge on any atom is -0.361 e. The molecule has 0 heterocycles. The Morgan fingerprint density at radius 2 is 0.840 bits per heavy atom. The van der Waals surface area contributed by atoms with Gasteiger partial charge in [0.15, 0.2) is 0 Å². The fourth-order valence-electron chi connectivity index (χ4n) is 3.33. The molecule has 0 saturated carbocycles. The molecule has 1 nitrogen and oxygen atoms in total. The Balaban J connectivity index is 2.28. The van der Waals surface area contributed by atoms with Gasteiger partial charge in [-0.1, -0.05) is 89.5 Å². The van der Waals surface area contributed by atoms with Crippen molar-refractivity contribution in [2.24, 2.45) is 0 Å². The summed E-state index contributed by atoms with van der Waals surface area (Å²) < 4.78 is 6.51. The first-order chi connectivity index (χ1) is 12.1. The first kappa shape index (κ1) is 17.4. The quantitative estimate of drug-likeness (QED) is 0.526. The zero-order valence-corrected chi connectivity index (χ0v) is 15.5. The number of hydrogen-bond donors (Lipinski definition) is 0. The Morgan fingerprint density at radius 3 is 1.08 bits per heavy atom. The maximum atomic E-state index is 6.51. The van der Waals surface area contributed by atoms with E-state index in [9.17, 15) is 0 Å². The van der Waals surface area contributed by atoms with Crippen LogP contribution in [0.25, 0.3) is 0 Å². The molecule has 0 unspecified atom stereocenters. The highest BCUT2D eigenvalue weighted by Crippen LogP contribution is 2.40. The molecule has 0 aromatic heterocycles. The van der Waals surface area contributed by atoms with Crippen molar-refractivity contribution in [3.05, 3.63) is 106 Å². The molecular formula is C24H26O. The van der Waals surface area contributed by atoms with Crippen LogP contribution in [0.15, 0.2) is 72.8 Å². The molecule has 0 aliphatic rings. The molecule has 0 radical (unpaired) electrons. The summed E-state index contributed by atoms with van der Waals surface area (Å²) in [4.78, 5) is 0. The van der Waals surface area contributed by atoms with E-state index >= 15 is 0 Å². The third kappa shape index (κ3) is 3.38. The Hall–Kier alpha value is -2.38. The van der Waals surface area contributed by atoms with Crippen molar-refractivity contribution in [1.29, 1.82) is 0 Å². The lowest BCUT2D eigenvalue weighted by Crippen LogP contribution is -2.33. The van der Waals surface area contributed by atoms with Crippen LogP contribution >= 0.6 is 0 Å². The van der Waals surface area contributed by atoms with Crippen LogP contribution in [0.2, 0.25) is 0 Å². The van der Waals surface area contributed by atoms with Crippen molar-refractivity contribution in [3.63, 3.8) is 0 Å². The maximum absolute atomic E-state index is 6.51. The van der Waals surface area contributed by atoms with Gasteiger partial charge in [0.2, 0.25) is 0 Å². The molecule has 0 atom stereocenters. The molecule has 128 valence electrons. The summed E-state index contributed by atoms with van der Waals surface area (Å²) in [7, 11) is 0. The number of aryl methyl sites for hydroxylation is 3. The van der Waals surface area contributed by atoms with Crippen molar-refractivity contribution in [2.45, 2.75) is 33.3 Å². The van der Waals surface area contributed by atoms with E-state index in [-0.39, 0.29) is 0 Å². The van der Waals surface area contributed by atoms with Gasteiger partial charge >= 0.3 is 0 Å². The minimum absolute atomic E-state index is 0.593. The maximum Gasteiger partial charge on any atom is 0.143 e. The number of rotatable bonds is 5. The van der Waals surface area contributed by atoms with Gasteiger partial charge in [0.25, 0.3) is 0 Å².